The van der Waals surface area contributed by atoms with Gasteiger partial charge in [-0.05, 0) is 55.7 Å². The predicted octanol–water partition coefficient (Wildman–Crippen LogP) is 5.40. The average molecular weight is 473 g/mol. The van der Waals surface area contributed by atoms with Gasteiger partial charge >= 0.3 is 0 Å². The van der Waals surface area contributed by atoms with Crippen LogP contribution in [0.3, 0.4) is 0 Å². The Morgan fingerprint density at radius 1 is 0.886 bits per heavy atom. The van der Waals surface area contributed by atoms with E-state index in [4.69, 9.17) is 10.7 Å². The fourth-order valence-electron chi connectivity index (χ4n) is 6.89. The van der Waals surface area contributed by atoms with Crippen molar-refractivity contribution in [2.45, 2.75) is 69.7 Å². The highest BCUT2D eigenvalue weighted by Gasteiger charge is 2.53. The number of fused-ring (bicyclic) bond motifs is 1. The molecule has 2 aliphatic rings. The van der Waals surface area contributed by atoms with E-state index in [9.17, 15) is 9.59 Å². The highest BCUT2D eigenvalue weighted by Crippen LogP contribution is 2.50. The monoisotopic (exact) mass is 472 g/mol. The lowest BCUT2D eigenvalue weighted by Gasteiger charge is -2.48. The Kier molecular flexibility index (Phi) is 6.63. The molecule has 0 aliphatic heterocycles. The number of hydrogen-bond acceptors (Lipinski definition) is 3. The Bertz CT molecular complexity index is 1200. The minimum absolute atomic E-state index is 0.153. The third-order valence-electron chi connectivity index (χ3n) is 8.42. The summed E-state index contributed by atoms with van der Waals surface area (Å²) in [5.74, 6) is 0.554. The van der Waals surface area contributed by atoms with Crippen molar-refractivity contribution in [3.63, 3.8) is 0 Å². The van der Waals surface area contributed by atoms with Crippen LogP contribution in [0, 0.1) is 11.8 Å². The molecule has 35 heavy (non-hydrogen) atoms. The summed E-state index contributed by atoms with van der Waals surface area (Å²) in [5.41, 5.74) is 8.68. The molecule has 0 spiro atoms. The van der Waals surface area contributed by atoms with Gasteiger partial charge in [0.15, 0.2) is 0 Å². The van der Waals surface area contributed by atoms with Crippen molar-refractivity contribution in [1.29, 1.82) is 0 Å². The number of para-hydroxylation sites is 2. The van der Waals surface area contributed by atoms with Gasteiger partial charge in [-0.3, -0.25) is 9.59 Å². The van der Waals surface area contributed by atoms with Gasteiger partial charge in [0.05, 0.1) is 16.6 Å². The molecule has 184 valence electrons. The van der Waals surface area contributed by atoms with Crippen molar-refractivity contribution in [3.05, 3.63) is 54.1 Å². The average Bonchev–Trinajstić information content (AvgIpc) is 3.29. The second-order valence-electron chi connectivity index (χ2n) is 10.2. The summed E-state index contributed by atoms with van der Waals surface area (Å²) in [7, 11) is 1.64. The zero-order chi connectivity index (χ0) is 24.4. The summed E-state index contributed by atoms with van der Waals surface area (Å²) in [6.45, 7) is 0. The molecular formula is C29H36N4O2. The smallest absolute Gasteiger partial charge is 0.251 e. The van der Waals surface area contributed by atoms with Crippen LogP contribution in [0.5, 0.6) is 0 Å². The molecule has 1 heterocycles. The van der Waals surface area contributed by atoms with E-state index >= 15 is 0 Å². The number of imidazole rings is 1. The van der Waals surface area contributed by atoms with Gasteiger partial charge in [0.1, 0.15) is 11.4 Å². The largest absolute Gasteiger partial charge is 0.368 e. The molecular weight excluding hydrogens is 436 g/mol. The van der Waals surface area contributed by atoms with E-state index in [2.05, 4.69) is 16.0 Å². The molecule has 3 aromatic rings. The highest BCUT2D eigenvalue weighted by atomic mass is 16.2. The van der Waals surface area contributed by atoms with Gasteiger partial charge in [-0.1, -0.05) is 68.9 Å². The van der Waals surface area contributed by atoms with Crippen LogP contribution in [0.2, 0.25) is 0 Å². The number of benzene rings is 2. The van der Waals surface area contributed by atoms with Crippen molar-refractivity contribution in [2.75, 3.05) is 7.05 Å². The number of carbonyl (C=O) groups is 2. The minimum atomic E-state index is -0.873. The fourth-order valence-corrected chi connectivity index (χ4v) is 6.89. The third-order valence-corrected chi connectivity index (χ3v) is 8.42. The second kappa shape index (κ2) is 9.84. The van der Waals surface area contributed by atoms with Crippen LogP contribution < -0.4 is 11.1 Å². The number of rotatable bonds is 6. The normalized spacial score (nSPS) is 18.0. The topological polar surface area (TPSA) is 90.0 Å². The lowest BCUT2D eigenvalue weighted by atomic mass is 9.63. The fraction of sp³-hybridized carbons (Fsp3) is 0.483. The highest BCUT2D eigenvalue weighted by molar-refractivity contribution is 6.01. The lowest BCUT2D eigenvalue weighted by Crippen LogP contribution is -2.58. The molecule has 0 radical (unpaired) electrons. The Morgan fingerprint density at radius 2 is 1.46 bits per heavy atom. The van der Waals surface area contributed by atoms with E-state index in [1.165, 1.54) is 12.8 Å². The number of primary amides is 1. The van der Waals surface area contributed by atoms with Crippen molar-refractivity contribution < 1.29 is 9.59 Å². The summed E-state index contributed by atoms with van der Waals surface area (Å²) in [5, 5.41) is 2.77. The number of nitrogens with one attached hydrogen (secondary N) is 1. The first-order chi connectivity index (χ1) is 17.1. The van der Waals surface area contributed by atoms with E-state index < -0.39 is 5.54 Å². The summed E-state index contributed by atoms with van der Waals surface area (Å²) in [6.07, 6.45) is 10.8. The maximum atomic E-state index is 13.9. The first-order valence-electron chi connectivity index (χ1n) is 13.2. The van der Waals surface area contributed by atoms with Crippen molar-refractivity contribution in [3.8, 4) is 11.4 Å². The molecule has 2 aromatic carbocycles. The summed E-state index contributed by atoms with van der Waals surface area (Å²) >= 11 is 0. The number of amides is 2. The van der Waals surface area contributed by atoms with Crippen LogP contribution in [0.25, 0.3) is 22.4 Å². The van der Waals surface area contributed by atoms with E-state index in [-0.39, 0.29) is 23.7 Å². The van der Waals surface area contributed by atoms with E-state index in [0.29, 0.717) is 11.4 Å². The zero-order valence-corrected chi connectivity index (χ0v) is 20.6. The van der Waals surface area contributed by atoms with E-state index in [1.54, 1.807) is 7.05 Å². The second-order valence-corrected chi connectivity index (χ2v) is 10.2. The molecule has 0 atom stereocenters. The van der Waals surface area contributed by atoms with Gasteiger partial charge in [0, 0.05) is 12.6 Å². The summed E-state index contributed by atoms with van der Waals surface area (Å²) in [4.78, 5) is 31.9. The van der Waals surface area contributed by atoms with Crippen LogP contribution in [0.1, 0.15) is 74.6 Å². The number of hydrogen-bond donors (Lipinski definition) is 2. The van der Waals surface area contributed by atoms with Crippen LogP contribution in [-0.4, -0.2) is 28.4 Å². The molecule has 5 rings (SSSR count). The standard InChI is InChI=1S/C29H36N4O2/c1-31-27(34)23-17-9-8-16-22(23)26-32-24-18-10-11-19-25(24)33(26)29(28(30)35,20-12-4-2-5-13-20)21-14-6-3-7-15-21/h8-11,16-21H,2-7,12-15H2,1H3,(H2,30,35)(H,31,34). The molecule has 0 unspecified atom stereocenters. The molecule has 3 N–H and O–H groups in total. The first-order valence-corrected chi connectivity index (χ1v) is 13.2. The number of nitrogens with two attached hydrogens (primary N) is 1. The van der Waals surface area contributed by atoms with Gasteiger partial charge in [-0.25, -0.2) is 4.98 Å². The number of carbonyl (C=O) groups excluding carboxylic acids is 2. The van der Waals surface area contributed by atoms with Gasteiger partial charge in [0.2, 0.25) is 5.91 Å². The van der Waals surface area contributed by atoms with E-state index in [1.807, 2.05) is 42.5 Å². The Hall–Kier alpha value is -3.15. The molecule has 6 heteroatoms. The zero-order valence-electron chi connectivity index (χ0n) is 20.6. The Labute approximate surface area is 207 Å². The maximum Gasteiger partial charge on any atom is 0.251 e. The molecule has 2 fully saturated rings. The first kappa shape index (κ1) is 23.6. The SMILES string of the molecule is CNC(=O)c1ccccc1-c1nc2ccccc2n1C(C(N)=O)(C1CCCCC1)C1CCCCC1. The molecule has 1 aromatic heterocycles. The van der Waals surface area contributed by atoms with Crippen molar-refractivity contribution in [1.82, 2.24) is 14.9 Å². The summed E-state index contributed by atoms with van der Waals surface area (Å²) in [6, 6.07) is 15.6. The minimum Gasteiger partial charge on any atom is -0.368 e. The number of nitrogens with zero attached hydrogens (tertiary/aromatic N) is 2. The molecule has 2 saturated carbocycles. The lowest BCUT2D eigenvalue weighted by molar-refractivity contribution is -0.135. The van der Waals surface area contributed by atoms with Gasteiger partial charge in [0.25, 0.3) is 5.91 Å². The van der Waals surface area contributed by atoms with Crippen LogP contribution >= 0.6 is 0 Å². The quantitative estimate of drug-likeness (QED) is 0.503. The summed E-state index contributed by atoms with van der Waals surface area (Å²) < 4.78 is 2.18. The van der Waals surface area contributed by atoms with Crippen molar-refractivity contribution >= 4 is 22.8 Å². The Morgan fingerprint density at radius 3 is 2.06 bits per heavy atom. The van der Waals surface area contributed by atoms with Crippen LogP contribution in [0.4, 0.5) is 0 Å². The molecule has 0 saturated heterocycles. The number of aromatic nitrogens is 2. The predicted molar refractivity (Wildman–Crippen MR) is 139 cm³/mol. The molecule has 2 amide bonds. The maximum absolute atomic E-state index is 13.9. The van der Waals surface area contributed by atoms with Crippen molar-refractivity contribution in [2.24, 2.45) is 17.6 Å². The van der Waals surface area contributed by atoms with Crippen LogP contribution in [0.15, 0.2) is 48.5 Å². The third kappa shape index (κ3) is 3.93. The van der Waals surface area contributed by atoms with E-state index in [0.717, 1.165) is 68.0 Å². The van der Waals surface area contributed by atoms with Gasteiger partial charge in [-0.15, -0.1) is 0 Å². The molecule has 6 nitrogen and oxygen atoms in total. The van der Waals surface area contributed by atoms with Gasteiger partial charge in [-0.2, -0.15) is 0 Å². The molecule has 2 aliphatic carbocycles. The Balaban J connectivity index is 1.85. The molecule has 0 bridgehead atoms. The van der Waals surface area contributed by atoms with Gasteiger partial charge < -0.3 is 15.6 Å². The van der Waals surface area contributed by atoms with Crippen LogP contribution in [-0.2, 0) is 10.3 Å².